The van der Waals surface area contributed by atoms with Crippen molar-refractivity contribution in [3.63, 3.8) is 0 Å². The Morgan fingerprint density at radius 3 is 2.52 bits per heavy atom. The maximum atomic E-state index is 13.7. The molecule has 0 bridgehead atoms. The zero-order valence-corrected chi connectivity index (χ0v) is 25.1. The number of amides is 2. The maximum absolute atomic E-state index is 13.7. The predicted molar refractivity (Wildman–Crippen MR) is 169 cm³/mol. The minimum absolute atomic E-state index is 0.0392. The highest BCUT2D eigenvalue weighted by atomic mass is 16.3. The number of benzene rings is 1. The maximum Gasteiger partial charge on any atom is 0.323 e. The number of urea groups is 1. The topological polar surface area (TPSA) is 148 Å². The quantitative estimate of drug-likeness (QED) is 0.233. The number of nitrogens with one attached hydrogen (secondary N) is 2. The number of nitriles is 1. The van der Waals surface area contributed by atoms with Gasteiger partial charge in [-0.2, -0.15) is 15.3 Å². The van der Waals surface area contributed by atoms with Crippen molar-refractivity contribution < 1.29 is 9.90 Å². The van der Waals surface area contributed by atoms with Crippen LogP contribution in [-0.2, 0) is 13.6 Å². The molecule has 12 nitrogen and oxygen atoms in total. The molecule has 0 radical (unpaired) electrons. The largest absolute Gasteiger partial charge is 0.396 e. The summed E-state index contributed by atoms with van der Waals surface area (Å²) in [5.74, 6) is 1.60. The summed E-state index contributed by atoms with van der Waals surface area (Å²) in [5, 5.41) is 29.5. The van der Waals surface area contributed by atoms with E-state index in [4.69, 9.17) is 4.98 Å². The third kappa shape index (κ3) is 7.48. The van der Waals surface area contributed by atoms with Gasteiger partial charge >= 0.3 is 6.03 Å². The van der Waals surface area contributed by atoms with Crippen LogP contribution >= 0.6 is 0 Å². The van der Waals surface area contributed by atoms with Crippen molar-refractivity contribution in [2.75, 3.05) is 35.3 Å². The van der Waals surface area contributed by atoms with Crippen LogP contribution in [0.1, 0.15) is 43.2 Å². The van der Waals surface area contributed by atoms with Gasteiger partial charge < -0.3 is 20.6 Å². The van der Waals surface area contributed by atoms with Gasteiger partial charge in [-0.1, -0.05) is 30.3 Å². The lowest BCUT2D eigenvalue weighted by atomic mass is 9.90. The van der Waals surface area contributed by atoms with Crippen LogP contribution < -0.4 is 20.4 Å². The molecule has 5 rings (SSSR count). The van der Waals surface area contributed by atoms with Gasteiger partial charge in [0.05, 0.1) is 12.4 Å². The Hall–Kier alpha value is -5.02. The van der Waals surface area contributed by atoms with E-state index in [2.05, 4.69) is 31.8 Å². The van der Waals surface area contributed by atoms with E-state index in [1.165, 1.54) is 6.20 Å². The van der Waals surface area contributed by atoms with Gasteiger partial charge in [0.15, 0.2) is 5.82 Å². The number of rotatable bonds is 11. The second-order valence-corrected chi connectivity index (χ2v) is 11.0. The fourth-order valence-corrected chi connectivity index (χ4v) is 5.47. The van der Waals surface area contributed by atoms with Crippen LogP contribution in [0.15, 0.2) is 67.3 Å². The van der Waals surface area contributed by atoms with Crippen molar-refractivity contribution in [2.45, 2.75) is 50.7 Å². The number of hydrogen-bond donors (Lipinski definition) is 3. The molecule has 44 heavy (non-hydrogen) atoms. The molecule has 4 aromatic rings. The lowest BCUT2D eigenvalue weighted by Crippen LogP contribution is -2.49. The van der Waals surface area contributed by atoms with Gasteiger partial charge in [-0.25, -0.2) is 14.8 Å². The predicted octanol–water partition coefficient (Wildman–Crippen LogP) is 4.10. The van der Waals surface area contributed by atoms with Crippen LogP contribution in [0.5, 0.6) is 0 Å². The van der Waals surface area contributed by atoms with Crippen LogP contribution in [0.4, 0.5) is 22.4 Å². The van der Waals surface area contributed by atoms with Crippen molar-refractivity contribution in [3.05, 3.63) is 78.4 Å². The molecule has 1 saturated carbocycles. The molecule has 1 aliphatic carbocycles. The number of aliphatic hydroxyl groups excluding tert-OH is 1. The molecular weight excluding hydrogens is 556 g/mol. The highest BCUT2D eigenvalue weighted by Crippen LogP contribution is 2.30. The van der Waals surface area contributed by atoms with Gasteiger partial charge in [0, 0.05) is 69.4 Å². The van der Waals surface area contributed by atoms with E-state index in [1.54, 1.807) is 22.0 Å². The Morgan fingerprint density at radius 2 is 1.86 bits per heavy atom. The standard InChI is InChI=1S/C32H38N10O2/c1-40(15-6-16-43)30-25(17-33)20-35-31(39-30)38-27-10-12-28(13-11-27)42(32(44)36-18-23-7-4-3-5-8-23)29-14-9-24(19-34-29)26-21-37-41(2)22-26/h3-5,7-9,14,19-22,27-28,43H,6,10-13,15-16,18H2,1-2H3,(H,36,44)(H,35,38,39)/t27-,28-. The Morgan fingerprint density at radius 1 is 1.07 bits per heavy atom. The molecular formula is C32H38N10O2. The summed E-state index contributed by atoms with van der Waals surface area (Å²) in [6.07, 6.45) is 10.8. The molecule has 1 aromatic carbocycles. The normalized spacial score (nSPS) is 16.1. The van der Waals surface area contributed by atoms with Gasteiger partial charge in [0.2, 0.25) is 5.95 Å². The van der Waals surface area contributed by atoms with Crippen molar-refractivity contribution >= 4 is 23.6 Å². The molecule has 0 aliphatic heterocycles. The number of aliphatic hydroxyl groups is 1. The van der Waals surface area contributed by atoms with E-state index in [1.807, 2.05) is 67.7 Å². The first-order valence-electron chi connectivity index (χ1n) is 14.9. The summed E-state index contributed by atoms with van der Waals surface area (Å²) >= 11 is 0. The molecule has 3 heterocycles. The smallest absolute Gasteiger partial charge is 0.323 e. The Kier molecular flexibility index (Phi) is 9.99. The third-order valence-electron chi connectivity index (χ3n) is 7.84. The van der Waals surface area contributed by atoms with Gasteiger partial charge in [0.25, 0.3) is 0 Å². The van der Waals surface area contributed by atoms with Gasteiger partial charge in [-0.05, 0) is 49.8 Å². The average molecular weight is 595 g/mol. The molecule has 2 amide bonds. The van der Waals surface area contributed by atoms with E-state index in [9.17, 15) is 15.2 Å². The number of hydrogen-bond acceptors (Lipinski definition) is 9. The van der Waals surface area contributed by atoms with Gasteiger partial charge in [0.1, 0.15) is 17.5 Å². The van der Waals surface area contributed by atoms with E-state index in [0.717, 1.165) is 42.4 Å². The van der Waals surface area contributed by atoms with Crippen LogP contribution in [0.3, 0.4) is 0 Å². The molecule has 1 fully saturated rings. The van der Waals surface area contributed by atoms with Crippen molar-refractivity contribution in [2.24, 2.45) is 7.05 Å². The monoisotopic (exact) mass is 594 g/mol. The minimum Gasteiger partial charge on any atom is -0.396 e. The van der Waals surface area contributed by atoms with E-state index < -0.39 is 0 Å². The van der Waals surface area contributed by atoms with Crippen LogP contribution in [0.2, 0.25) is 0 Å². The summed E-state index contributed by atoms with van der Waals surface area (Å²) in [5.41, 5.74) is 3.31. The first kappa shape index (κ1) is 30.4. The van der Waals surface area contributed by atoms with Gasteiger partial charge in [-0.3, -0.25) is 9.58 Å². The van der Waals surface area contributed by atoms with Crippen LogP contribution in [0, 0.1) is 11.3 Å². The van der Waals surface area contributed by atoms with E-state index >= 15 is 0 Å². The highest BCUT2D eigenvalue weighted by molar-refractivity contribution is 5.91. The first-order valence-corrected chi connectivity index (χ1v) is 14.9. The zero-order valence-electron chi connectivity index (χ0n) is 25.1. The fourth-order valence-electron chi connectivity index (χ4n) is 5.47. The summed E-state index contributed by atoms with van der Waals surface area (Å²) < 4.78 is 1.75. The molecule has 0 saturated heterocycles. The van der Waals surface area contributed by atoms with Gasteiger partial charge in [-0.15, -0.1) is 0 Å². The summed E-state index contributed by atoms with van der Waals surface area (Å²) in [7, 11) is 3.72. The average Bonchev–Trinajstić information content (AvgIpc) is 3.50. The van der Waals surface area contributed by atoms with E-state index in [0.29, 0.717) is 42.7 Å². The number of nitrogens with zero attached hydrogens (tertiary/aromatic N) is 8. The van der Waals surface area contributed by atoms with E-state index in [-0.39, 0.29) is 24.7 Å². The van der Waals surface area contributed by atoms with Crippen molar-refractivity contribution in [3.8, 4) is 17.2 Å². The summed E-state index contributed by atoms with van der Waals surface area (Å²) in [6.45, 7) is 1.06. The summed E-state index contributed by atoms with van der Waals surface area (Å²) in [4.78, 5) is 31.0. The number of aromatic nitrogens is 5. The van der Waals surface area contributed by atoms with Crippen molar-refractivity contribution in [1.29, 1.82) is 5.26 Å². The lowest BCUT2D eigenvalue weighted by molar-refractivity contribution is 0.240. The molecule has 1 aliphatic rings. The van der Waals surface area contributed by atoms with Crippen LogP contribution in [-0.4, -0.2) is 68.2 Å². The Balaban J connectivity index is 1.28. The molecule has 0 unspecified atom stereocenters. The molecule has 12 heteroatoms. The molecule has 0 spiro atoms. The molecule has 0 atom stereocenters. The second-order valence-electron chi connectivity index (χ2n) is 11.0. The number of carbonyl (C=O) groups is 1. The SMILES string of the molecule is CN(CCCO)c1nc(N[C@H]2CC[C@H](N(C(=O)NCc3ccccc3)c3ccc(-c4cnn(C)c4)cn3)CC2)ncc1C#N. The molecule has 3 aromatic heterocycles. The number of aryl methyl sites for hydroxylation is 1. The fraction of sp³-hybridized carbons (Fsp3) is 0.375. The Bertz CT molecular complexity index is 1560. The third-order valence-corrected chi connectivity index (χ3v) is 7.84. The molecule has 228 valence electrons. The highest BCUT2D eigenvalue weighted by Gasteiger charge is 2.31. The van der Waals surface area contributed by atoms with Crippen molar-refractivity contribution in [1.82, 2.24) is 30.0 Å². The first-order chi connectivity index (χ1) is 21.4. The lowest BCUT2D eigenvalue weighted by Gasteiger charge is -2.36. The van der Waals surface area contributed by atoms with Crippen LogP contribution in [0.25, 0.3) is 11.1 Å². The Labute approximate surface area is 257 Å². The minimum atomic E-state index is -0.183. The second kappa shape index (κ2) is 14.4. The zero-order chi connectivity index (χ0) is 30.9. The number of pyridine rings is 1. The number of anilines is 3. The summed E-state index contributed by atoms with van der Waals surface area (Å²) in [6, 6.07) is 15.8. The number of carbonyl (C=O) groups excluding carboxylic acids is 1. The molecule has 3 N–H and O–H groups in total.